The minimum absolute atomic E-state index is 0.0311. The van der Waals surface area contributed by atoms with E-state index >= 15 is 0 Å². The molecule has 0 bridgehead atoms. The van der Waals surface area contributed by atoms with E-state index in [2.05, 4.69) is 13.8 Å². The van der Waals surface area contributed by atoms with Gasteiger partial charge in [-0.25, -0.2) is 0 Å². The zero-order valence-electron chi connectivity index (χ0n) is 33.2. The van der Waals surface area contributed by atoms with Crippen molar-refractivity contribution in [3.05, 3.63) is 0 Å². The third kappa shape index (κ3) is 38.6. The quantitative estimate of drug-likeness (QED) is 0.0270. The predicted molar refractivity (Wildman–Crippen MR) is 204 cm³/mol. The van der Waals surface area contributed by atoms with Crippen LogP contribution in [-0.2, 0) is 27.9 Å². The van der Waals surface area contributed by atoms with Crippen molar-refractivity contribution < 1.29 is 37.3 Å². The van der Waals surface area contributed by atoms with Crippen LogP contribution in [0.5, 0.6) is 0 Å². The summed E-state index contributed by atoms with van der Waals surface area (Å²) in [6.45, 7) is 5.45. The lowest BCUT2D eigenvalue weighted by atomic mass is 10.0. The molecule has 0 aliphatic rings. The Bertz CT molecular complexity index is 761. The molecule has 0 N–H and O–H groups in total. The molecular weight excluding hydrogens is 637 g/mol. The maximum absolute atomic E-state index is 12.6. The number of nitrogens with zero attached hydrogens (tertiary/aromatic N) is 1. The third-order valence-electron chi connectivity index (χ3n) is 9.16. The summed E-state index contributed by atoms with van der Waals surface area (Å²) < 4.78 is 34.5. The third-order valence-corrected chi connectivity index (χ3v) is 10.1. The van der Waals surface area contributed by atoms with Gasteiger partial charge in [0.25, 0.3) is 7.82 Å². The second-order valence-electron chi connectivity index (χ2n) is 15.4. The minimum atomic E-state index is -4.51. The smallest absolute Gasteiger partial charge is 0.306 e. The molecule has 294 valence electrons. The van der Waals surface area contributed by atoms with Crippen molar-refractivity contribution in [2.75, 3.05) is 54.1 Å². The lowest BCUT2D eigenvalue weighted by Gasteiger charge is -2.28. The highest BCUT2D eigenvalue weighted by atomic mass is 31.2. The molecule has 0 aromatic rings. The van der Waals surface area contributed by atoms with Gasteiger partial charge in [0.2, 0.25) is 0 Å². The summed E-state index contributed by atoms with van der Waals surface area (Å²) in [4.78, 5) is 24.9. The van der Waals surface area contributed by atoms with Crippen LogP contribution in [0, 0.1) is 0 Å². The van der Waals surface area contributed by atoms with Crippen molar-refractivity contribution in [2.24, 2.45) is 0 Å². The molecule has 9 heteroatoms. The van der Waals surface area contributed by atoms with Gasteiger partial charge >= 0.3 is 5.97 Å². The molecule has 0 aliphatic carbocycles. The first-order valence-electron chi connectivity index (χ1n) is 20.8. The molecular formula is C40H82NO7P. The van der Waals surface area contributed by atoms with Gasteiger partial charge in [-0.2, -0.15) is 0 Å². The van der Waals surface area contributed by atoms with Crippen LogP contribution in [0.3, 0.4) is 0 Å². The maximum atomic E-state index is 12.6. The summed E-state index contributed by atoms with van der Waals surface area (Å²) in [6, 6.07) is 0. The van der Waals surface area contributed by atoms with Gasteiger partial charge in [0.05, 0.1) is 34.4 Å². The summed E-state index contributed by atoms with van der Waals surface area (Å²) in [6.07, 6.45) is 33.9. The summed E-state index contributed by atoms with van der Waals surface area (Å²) in [5, 5.41) is 0. The Balaban J connectivity index is 4.21. The number of carbonyl (C=O) groups excluding carboxylic acids is 1. The van der Waals surface area contributed by atoms with E-state index < -0.39 is 13.9 Å². The average Bonchev–Trinajstić information content (AvgIpc) is 3.04. The number of phosphoric acid groups is 1. The molecule has 0 rings (SSSR count). The number of quaternary nitrogens is 1. The number of esters is 1. The first kappa shape index (κ1) is 48.5. The van der Waals surface area contributed by atoms with E-state index in [1.807, 2.05) is 21.1 Å². The van der Waals surface area contributed by atoms with Crippen LogP contribution < -0.4 is 4.89 Å². The van der Waals surface area contributed by atoms with E-state index in [1.165, 1.54) is 141 Å². The summed E-state index contributed by atoms with van der Waals surface area (Å²) >= 11 is 0. The monoisotopic (exact) mass is 720 g/mol. The number of rotatable bonds is 39. The van der Waals surface area contributed by atoms with Crippen molar-refractivity contribution >= 4 is 13.8 Å². The second kappa shape index (κ2) is 34.6. The largest absolute Gasteiger partial charge is 0.756 e. The Morgan fingerprint density at radius 2 is 0.939 bits per heavy atom. The van der Waals surface area contributed by atoms with E-state index in [1.54, 1.807) is 0 Å². The highest BCUT2D eigenvalue weighted by molar-refractivity contribution is 7.45. The molecule has 0 heterocycles. The molecule has 0 aromatic heterocycles. The topological polar surface area (TPSA) is 94.1 Å². The summed E-state index contributed by atoms with van der Waals surface area (Å²) in [7, 11) is 1.37. The Hall–Kier alpha value is -0.500. The van der Waals surface area contributed by atoms with E-state index in [9.17, 15) is 14.3 Å². The fraction of sp³-hybridized carbons (Fsp3) is 0.975. The number of phosphoric ester groups is 1. The molecule has 2 atom stereocenters. The van der Waals surface area contributed by atoms with Crippen LogP contribution in [0.1, 0.15) is 194 Å². The van der Waals surface area contributed by atoms with Crippen LogP contribution in [-0.4, -0.2) is 70.7 Å². The lowest BCUT2D eigenvalue weighted by molar-refractivity contribution is -0.870. The van der Waals surface area contributed by atoms with E-state index in [4.69, 9.17) is 18.5 Å². The zero-order valence-corrected chi connectivity index (χ0v) is 34.1. The van der Waals surface area contributed by atoms with E-state index in [0.29, 0.717) is 24.1 Å². The SMILES string of the molecule is CCCCCCCCCCCCCCCCCOCC(COP(=O)([O-])OCC[N+](C)(C)C)OC(=O)CCCCCCCCCCCCCC. The Morgan fingerprint density at radius 1 is 0.551 bits per heavy atom. The van der Waals surface area contributed by atoms with Gasteiger partial charge in [-0.15, -0.1) is 0 Å². The van der Waals surface area contributed by atoms with Crippen LogP contribution in [0.2, 0.25) is 0 Å². The molecule has 0 spiro atoms. The standard InChI is InChI=1S/C40H82NO7P/c1-6-8-10-12-14-16-18-20-21-22-24-26-28-30-32-35-45-37-39(38-47-49(43,44)46-36-34-41(3,4)5)48-40(42)33-31-29-27-25-23-19-17-15-13-11-9-7-2/h39H,6-38H2,1-5H3. The van der Waals surface area contributed by atoms with Crippen LogP contribution >= 0.6 is 7.82 Å². The Kier molecular flexibility index (Phi) is 34.2. The van der Waals surface area contributed by atoms with Crippen molar-refractivity contribution in [3.63, 3.8) is 0 Å². The van der Waals surface area contributed by atoms with E-state index in [-0.39, 0.29) is 25.8 Å². The van der Waals surface area contributed by atoms with E-state index in [0.717, 1.165) is 32.1 Å². The molecule has 0 fully saturated rings. The number of carbonyl (C=O) groups is 1. The highest BCUT2D eigenvalue weighted by Crippen LogP contribution is 2.38. The normalized spacial score (nSPS) is 13.8. The minimum Gasteiger partial charge on any atom is -0.756 e. The molecule has 2 unspecified atom stereocenters. The number of hydrogen-bond donors (Lipinski definition) is 0. The molecule has 0 amide bonds. The van der Waals surface area contributed by atoms with Crippen LogP contribution in [0.15, 0.2) is 0 Å². The fourth-order valence-electron chi connectivity index (χ4n) is 5.90. The lowest BCUT2D eigenvalue weighted by Crippen LogP contribution is -2.37. The molecule has 49 heavy (non-hydrogen) atoms. The number of hydrogen-bond acceptors (Lipinski definition) is 7. The van der Waals surface area contributed by atoms with Gasteiger partial charge in [0.15, 0.2) is 0 Å². The molecule has 0 radical (unpaired) electrons. The van der Waals surface area contributed by atoms with Gasteiger partial charge in [-0.05, 0) is 12.8 Å². The number of likely N-dealkylation sites (N-methyl/N-ethyl adjacent to an activating group) is 1. The van der Waals surface area contributed by atoms with Gasteiger partial charge in [0.1, 0.15) is 19.3 Å². The van der Waals surface area contributed by atoms with Crippen molar-refractivity contribution in [1.29, 1.82) is 0 Å². The summed E-state index contributed by atoms with van der Waals surface area (Å²) in [5.74, 6) is -0.331. The summed E-state index contributed by atoms with van der Waals surface area (Å²) in [5.41, 5.74) is 0. The zero-order chi connectivity index (χ0) is 36.3. The molecule has 0 saturated carbocycles. The van der Waals surface area contributed by atoms with Crippen LogP contribution in [0.25, 0.3) is 0 Å². The van der Waals surface area contributed by atoms with Crippen molar-refractivity contribution in [2.45, 2.75) is 200 Å². The molecule has 0 aliphatic heterocycles. The first-order valence-corrected chi connectivity index (χ1v) is 22.2. The second-order valence-corrected chi connectivity index (χ2v) is 16.8. The van der Waals surface area contributed by atoms with Gasteiger partial charge < -0.3 is 27.9 Å². The van der Waals surface area contributed by atoms with Crippen molar-refractivity contribution in [3.8, 4) is 0 Å². The van der Waals surface area contributed by atoms with Crippen molar-refractivity contribution in [1.82, 2.24) is 0 Å². The van der Waals surface area contributed by atoms with Crippen LogP contribution in [0.4, 0.5) is 0 Å². The Labute approximate surface area is 304 Å². The average molecular weight is 720 g/mol. The molecule has 0 aromatic carbocycles. The number of unbranched alkanes of at least 4 members (excludes halogenated alkanes) is 25. The van der Waals surface area contributed by atoms with Gasteiger partial charge in [-0.3, -0.25) is 9.36 Å². The molecule has 8 nitrogen and oxygen atoms in total. The Morgan fingerprint density at radius 3 is 1.35 bits per heavy atom. The predicted octanol–water partition coefficient (Wildman–Crippen LogP) is 11.1. The maximum Gasteiger partial charge on any atom is 0.306 e. The van der Waals surface area contributed by atoms with Gasteiger partial charge in [-0.1, -0.05) is 174 Å². The first-order chi connectivity index (χ1) is 23.6. The highest BCUT2D eigenvalue weighted by Gasteiger charge is 2.20. The molecule has 0 saturated heterocycles. The fourth-order valence-corrected chi connectivity index (χ4v) is 6.63. The number of ether oxygens (including phenoxy) is 2. The van der Waals surface area contributed by atoms with Gasteiger partial charge in [0, 0.05) is 13.0 Å².